The molecule has 0 saturated carbocycles. The van der Waals surface area contributed by atoms with E-state index in [0.717, 1.165) is 5.92 Å². The molecule has 1 aliphatic carbocycles. The highest BCUT2D eigenvalue weighted by Gasteiger charge is 2.27. The van der Waals surface area contributed by atoms with Crippen LogP contribution in [0.5, 0.6) is 0 Å². The van der Waals surface area contributed by atoms with Crippen LogP contribution in [0.1, 0.15) is 62.1 Å². The van der Waals surface area contributed by atoms with Gasteiger partial charge in [0, 0.05) is 5.39 Å². The van der Waals surface area contributed by atoms with Gasteiger partial charge in [0.25, 0.3) is 0 Å². The van der Waals surface area contributed by atoms with Crippen molar-refractivity contribution < 1.29 is 0 Å². The number of aryl methyl sites for hydroxylation is 1. The molecule has 1 heterocycles. The number of H-pyrrole nitrogens is 1. The van der Waals surface area contributed by atoms with E-state index >= 15 is 0 Å². The molecule has 1 aromatic heterocycles. The normalized spacial score (nSPS) is 19.2. The van der Waals surface area contributed by atoms with Crippen molar-refractivity contribution in [1.82, 2.24) is 10.2 Å². The van der Waals surface area contributed by atoms with Crippen LogP contribution in [0.15, 0.2) is 12.3 Å². The first-order valence-corrected chi connectivity index (χ1v) is 6.71. The van der Waals surface area contributed by atoms with E-state index in [-0.39, 0.29) is 0 Å². The van der Waals surface area contributed by atoms with Crippen molar-refractivity contribution in [2.24, 2.45) is 0 Å². The van der Waals surface area contributed by atoms with Gasteiger partial charge in [-0.2, -0.15) is 5.10 Å². The summed E-state index contributed by atoms with van der Waals surface area (Å²) in [6.07, 6.45) is 5.82. The van der Waals surface area contributed by atoms with Gasteiger partial charge < -0.3 is 0 Å². The lowest BCUT2D eigenvalue weighted by molar-refractivity contribution is 0.647. The summed E-state index contributed by atoms with van der Waals surface area (Å²) in [5, 5.41) is 8.67. The number of benzene rings is 1. The molecule has 1 N–H and O–H groups in total. The Bertz CT molecular complexity index is 551. The average molecular weight is 228 g/mol. The smallest absolute Gasteiger partial charge is 0.0656 e. The molecule has 2 aromatic rings. The molecule has 0 saturated heterocycles. The lowest BCUT2D eigenvalue weighted by Crippen LogP contribution is -2.01. The fraction of sp³-hybridized carbons (Fsp3) is 0.533. The van der Waals surface area contributed by atoms with Crippen LogP contribution in [0.3, 0.4) is 0 Å². The number of hydrogen-bond donors (Lipinski definition) is 1. The fourth-order valence-corrected chi connectivity index (χ4v) is 3.38. The predicted octanol–water partition coefficient (Wildman–Crippen LogP) is 4.13. The number of aromatic amines is 1. The maximum atomic E-state index is 4.21. The van der Waals surface area contributed by atoms with E-state index < -0.39 is 0 Å². The van der Waals surface area contributed by atoms with E-state index in [1.54, 1.807) is 11.1 Å². The minimum absolute atomic E-state index is 0.581. The summed E-state index contributed by atoms with van der Waals surface area (Å²) in [6.45, 7) is 6.91. The van der Waals surface area contributed by atoms with Gasteiger partial charge in [0.05, 0.1) is 11.7 Å². The minimum Gasteiger partial charge on any atom is -0.278 e. The Morgan fingerprint density at radius 1 is 1.47 bits per heavy atom. The van der Waals surface area contributed by atoms with Gasteiger partial charge in [-0.25, -0.2) is 0 Å². The highest BCUT2D eigenvalue weighted by atomic mass is 15.1. The molecule has 0 bridgehead atoms. The molecule has 1 aromatic carbocycles. The summed E-state index contributed by atoms with van der Waals surface area (Å²) in [6, 6.07) is 2.32. The van der Waals surface area contributed by atoms with Crippen molar-refractivity contribution in [2.45, 2.75) is 51.9 Å². The van der Waals surface area contributed by atoms with Gasteiger partial charge in [0.1, 0.15) is 0 Å². The Hall–Kier alpha value is -1.31. The SMILES string of the molecule is CC[C@@H]1CCc2cc3[nH]ncc3c(C(C)C)c21. The van der Waals surface area contributed by atoms with Gasteiger partial charge in [-0.05, 0) is 53.9 Å². The number of fused-ring (bicyclic) bond motifs is 2. The molecule has 0 unspecified atom stereocenters. The highest BCUT2D eigenvalue weighted by Crippen LogP contribution is 2.43. The van der Waals surface area contributed by atoms with Gasteiger partial charge in [-0.1, -0.05) is 20.8 Å². The molecule has 1 aliphatic rings. The van der Waals surface area contributed by atoms with E-state index in [9.17, 15) is 0 Å². The standard InChI is InChI=1S/C15H20N2/c1-4-10-5-6-11-7-13-12(8-16-17-13)14(9(2)3)15(10)11/h7-10H,4-6H2,1-3H3,(H,16,17)/t10-/m1/s1. The lowest BCUT2D eigenvalue weighted by atomic mass is 9.86. The summed E-state index contributed by atoms with van der Waals surface area (Å²) in [7, 11) is 0. The van der Waals surface area contributed by atoms with Crippen molar-refractivity contribution >= 4 is 10.9 Å². The molecule has 2 heteroatoms. The molecule has 0 fully saturated rings. The molecule has 2 nitrogen and oxygen atoms in total. The largest absolute Gasteiger partial charge is 0.278 e. The number of hydrogen-bond acceptors (Lipinski definition) is 1. The van der Waals surface area contributed by atoms with Gasteiger partial charge in [0.2, 0.25) is 0 Å². The third kappa shape index (κ3) is 1.50. The highest BCUT2D eigenvalue weighted by molar-refractivity contribution is 5.85. The van der Waals surface area contributed by atoms with Crippen molar-refractivity contribution in [2.75, 3.05) is 0 Å². The lowest BCUT2D eigenvalue weighted by Gasteiger charge is -2.18. The van der Waals surface area contributed by atoms with Crippen molar-refractivity contribution in [3.63, 3.8) is 0 Å². The molecule has 17 heavy (non-hydrogen) atoms. The van der Waals surface area contributed by atoms with Crippen molar-refractivity contribution in [1.29, 1.82) is 0 Å². The van der Waals surface area contributed by atoms with E-state index in [2.05, 4.69) is 37.0 Å². The van der Waals surface area contributed by atoms with Crippen LogP contribution in [-0.4, -0.2) is 10.2 Å². The van der Waals surface area contributed by atoms with Gasteiger partial charge >= 0.3 is 0 Å². The zero-order chi connectivity index (χ0) is 12.0. The zero-order valence-electron chi connectivity index (χ0n) is 10.9. The summed E-state index contributed by atoms with van der Waals surface area (Å²) in [5.74, 6) is 1.35. The second kappa shape index (κ2) is 3.86. The molecule has 3 rings (SSSR count). The summed E-state index contributed by atoms with van der Waals surface area (Å²) in [4.78, 5) is 0. The number of rotatable bonds is 2. The topological polar surface area (TPSA) is 28.7 Å². The number of aromatic nitrogens is 2. The number of nitrogens with one attached hydrogen (secondary N) is 1. The first-order chi connectivity index (χ1) is 8.22. The Morgan fingerprint density at radius 3 is 3.00 bits per heavy atom. The second-order valence-corrected chi connectivity index (χ2v) is 5.49. The van der Waals surface area contributed by atoms with Crippen LogP contribution >= 0.6 is 0 Å². The quantitative estimate of drug-likeness (QED) is 0.822. The number of nitrogens with zero attached hydrogens (tertiary/aromatic N) is 1. The first kappa shape index (κ1) is 10.8. The molecular formula is C15H20N2. The minimum atomic E-state index is 0.581. The Morgan fingerprint density at radius 2 is 2.29 bits per heavy atom. The Kier molecular flexibility index (Phi) is 2.46. The maximum Gasteiger partial charge on any atom is 0.0656 e. The fourth-order valence-electron chi connectivity index (χ4n) is 3.38. The van der Waals surface area contributed by atoms with E-state index in [0.29, 0.717) is 5.92 Å². The molecule has 0 radical (unpaired) electrons. The third-order valence-electron chi connectivity index (χ3n) is 4.15. The molecule has 0 spiro atoms. The van der Waals surface area contributed by atoms with Crippen LogP contribution in [0, 0.1) is 0 Å². The average Bonchev–Trinajstić information content (AvgIpc) is 2.90. The van der Waals surface area contributed by atoms with Crippen LogP contribution in [0.4, 0.5) is 0 Å². The van der Waals surface area contributed by atoms with Crippen LogP contribution in [0.2, 0.25) is 0 Å². The van der Waals surface area contributed by atoms with Crippen molar-refractivity contribution in [3.05, 3.63) is 29.0 Å². The third-order valence-corrected chi connectivity index (χ3v) is 4.15. The molecular weight excluding hydrogens is 208 g/mol. The maximum absolute atomic E-state index is 4.21. The molecule has 1 atom stereocenters. The van der Waals surface area contributed by atoms with Gasteiger partial charge in [0.15, 0.2) is 0 Å². The summed E-state index contributed by atoms with van der Waals surface area (Å²) in [5.41, 5.74) is 5.94. The van der Waals surface area contributed by atoms with Gasteiger partial charge in [-0.15, -0.1) is 0 Å². The second-order valence-electron chi connectivity index (χ2n) is 5.49. The van der Waals surface area contributed by atoms with E-state index in [1.165, 1.54) is 35.7 Å². The van der Waals surface area contributed by atoms with E-state index in [4.69, 9.17) is 0 Å². The Labute approximate surface area is 102 Å². The molecule has 0 aliphatic heterocycles. The van der Waals surface area contributed by atoms with Gasteiger partial charge in [-0.3, -0.25) is 5.10 Å². The first-order valence-electron chi connectivity index (χ1n) is 6.71. The van der Waals surface area contributed by atoms with Crippen molar-refractivity contribution in [3.8, 4) is 0 Å². The molecule has 0 amide bonds. The molecule has 90 valence electrons. The summed E-state index contributed by atoms with van der Waals surface area (Å²) >= 11 is 0. The zero-order valence-corrected chi connectivity index (χ0v) is 10.9. The predicted molar refractivity (Wildman–Crippen MR) is 71.5 cm³/mol. The van der Waals surface area contributed by atoms with Crippen LogP contribution in [0.25, 0.3) is 10.9 Å². The Balaban J connectivity index is 2.34. The van der Waals surface area contributed by atoms with E-state index in [1.807, 2.05) is 6.20 Å². The summed E-state index contributed by atoms with van der Waals surface area (Å²) < 4.78 is 0. The monoisotopic (exact) mass is 228 g/mol. The van der Waals surface area contributed by atoms with Crippen LogP contribution in [-0.2, 0) is 6.42 Å². The van der Waals surface area contributed by atoms with Crippen LogP contribution < -0.4 is 0 Å².